The Morgan fingerprint density at radius 3 is 2.78 bits per heavy atom. The SMILES string of the molecule is C=CCN(CCNc1ccc(OC)cc1Cl)CC1CCCCC1. The van der Waals surface area contributed by atoms with Gasteiger partial charge in [-0.15, -0.1) is 6.58 Å². The van der Waals surface area contributed by atoms with Crippen LogP contribution in [0, 0.1) is 5.92 Å². The molecule has 0 bridgehead atoms. The average molecular weight is 337 g/mol. The number of benzene rings is 1. The first-order valence-corrected chi connectivity index (χ1v) is 9.01. The van der Waals surface area contributed by atoms with Crippen molar-refractivity contribution in [3.8, 4) is 5.75 Å². The average Bonchev–Trinajstić information content (AvgIpc) is 2.57. The van der Waals surface area contributed by atoms with Crippen molar-refractivity contribution in [3.05, 3.63) is 35.9 Å². The van der Waals surface area contributed by atoms with Crippen molar-refractivity contribution in [2.45, 2.75) is 32.1 Å². The van der Waals surface area contributed by atoms with Crippen LogP contribution in [-0.4, -0.2) is 38.2 Å². The molecule has 1 aliphatic rings. The third-order valence-corrected chi connectivity index (χ3v) is 4.86. The molecule has 0 atom stereocenters. The summed E-state index contributed by atoms with van der Waals surface area (Å²) >= 11 is 6.27. The fourth-order valence-corrected chi connectivity index (χ4v) is 3.53. The molecule has 1 N–H and O–H groups in total. The molecular weight excluding hydrogens is 308 g/mol. The fourth-order valence-electron chi connectivity index (χ4n) is 3.29. The highest BCUT2D eigenvalue weighted by Crippen LogP contribution is 2.27. The van der Waals surface area contributed by atoms with E-state index in [0.29, 0.717) is 5.02 Å². The van der Waals surface area contributed by atoms with Gasteiger partial charge in [-0.05, 0) is 30.9 Å². The zero-order chi connectivity index (χ0) is 16.5. The molecule has 128 valence electrons. The lowest BCUT2D eigenvalue weighted by atomic mass is 9.89. The van der Waals surface area contributed by atoms with E-state index in [9.17, 15) is 0 Å². The Balaban J connectivity index is 1.80. The van der Waals surface area contributed by atoms with Crippen LogP contribution in [0.3, 0.4) is 0 Å². The molecule has 1 saturated carbocycles. The maximum absolute atomic E-state index is 6.27. The summed E-state index contributed by atoms with van der Waals surface area (Å²) in [4.78, 5) is 2.49. The van der Waals surface area contributed by atoms with E-state index in [1.807, 2.05) is 24.3 Å². The molecule has 0 aromatic heterocycles. The Kier molecular flexibility index (Phi) is 7.77. The van der Waals surface area contributed by atoms with Gasteiger partial charge in [-0.3, -0.25) is 4.90 Å². The molecule has 0 heterocycles. The normalized spacial score (nSPS) is 15.6. The van der Waals surface area contributed by atoms with Crippen molar-refractivity contribution in [1.29, 1.82) is 0 Å². The van der Waals surface area contributed by atoms with E-state index < -0.39 is 0 Å². The number of hydrogen-bond acceptors (Lipinski definition) is 3. The molecule has 4 heteroatoms. The highest BCUT2D eigenvalue weighted by molar-refractivity contribution is 6.33. The van der Waals surface area contributed by atoms with E-state index in [1.165, 1.54) is 38.6 Å². The van der Waals surface area contributed by atoms with Gasteiger partial charge in [0.05, 0.1) is 17.8 Å². The van der Waals surface area contributed by atoms with E-state index in [2.05, 4.69) is 16.8 Å². The molecule has 0 unspecified atom stereocenters. The van der Waals surface area contributed by atoms with Crippen molar-refractivity contribution >= 4 is 17.3 Å². The summed E-state index contributed by atoms with van der Waals surface area (Å²) in [7, 11) is 1.65. The molecule has 1 aromatic carbocycles. The zero-order valence-electron chi connectivity index (χ0n) is 14.2. The van der Waals surface area contributed by atoms with Crippen LogP contribution in [0.4, 0.5) is 5.69 Å². The van der Waals surface area contributed by atoms with Crippen molar-refractivity contribution in [2.24, 2.45) is 5.92 Å². The number of methoxy groups -OCH3 is 1. The third-order valence-electron chi connectivity index (χ3n) is 4.55. The predicted molar refractivity (Wildman–Crippen MR) is 99.7 cm³/mol. The summed E-state index contributed by atoms with van der Waals surface area (Å²) in [5.74, 6) is 1.64. The first-order chi connectivity index (χ1) is 11.2. The number of halogens is 1. The number of hydrogen-bond donors (Lipinski definition) is 1. The molecule has 1 fully saturated rings. The molecule has 1 aromatic rings. The van der Waals surface area contributed by atoms with E-state index in [1.54, 1.807) is 7.11 Å². The quantitative estimate of drug-likeness (QED) is 0.654. The summed E-state index contributed by atoms with van der Waals surface area (Å²) in [5, 5.41) is 4.13. The van der Waals surface area contributed by atoms with E-state index >= 15 is 0 Å². The second-order valence-corrected chi connectivity index (χ2v) is 6.73. The molecule has 0 aliphatic heterocycles. The second kappa shape index (κ2) is 9.84. The van der Waals surface area contributed by atoms with Crippen LogP contribution in [0.5, 0.6) is 5.75 Å². The van der Waals surface area contributed by atoms with Crippen LogP contribution in [0.2, 0.25) is 5.02 Å². The van der Waals surface area contributed by atoms with Gasteiger partial charge in [0.25, 0.3) is 0 Å². The van der Waals surface area contributed by atoms with Crippen molar-refractivity contribution in [3.63, 3.8) is 0 Å². The molecule has 0 radical (unpaired) electrons. The Morgan fingerprint density at radius 1 is 1.35 bits per heavy atom. The number of rotatable bonds is 9. The number of anilines is 1. The highest BCUT2D eigenvalue weighted by Gasteiger charge is 2.16. The largest absolute Gasteiger partial charge is 0.497 e. The zero-order valence-corrected chi connectivity index (χ0v) is 14.9. The van der Waals surface area contributed by atoms with E-state index in [0.717, 1.165) is 37.0 Å². The minimum Gasteiger partial charge on any atom is -0.497 e. The molecule has 0 amide bonds. The number of ether oxygens (including phenoxy) is 1. The van der Waals surface area contributed by atoms with Crippen LogP contribution in [-0.2, 0) is 0 Å². The van der Waals surface area contributed by atoms with E-state index in [4.69, 9.17) is 16.3 Å². The van der Waals surface area contributed by atoms with E-state index in [-0.39, 0.29) is 0 Å². The lowest BCUT2D eigenvalue weighted by Crippen LogP contribution is -2.34. The lowest BCUT2D eigenvalue weighted by Gasteiger charge is -2.29. The fraction of sp³-hybridized carbons (Fsp3) is 0.579. The topological polar surface area (TPSA) is 24.5 Å². The number of nitrogens with zero attached hydrogens (tertiary/aromatic N) is 1. The summed E-state index contributed by atoms with van der Waals surface area (Å²) in [6, 6.07) is 5.74. The minimum absolute atomic E-state index is 0.701. The Hall–Kier alpha value is -1.19. The van der Waals surface area contributed by atoms with Crippen molar-refractivity contribution in [1.82, 2.24) is 4.90 Å². The first kappa shape index (κ1) is 18.2. The van der Waals surface area contributed by atoms with Crippen LogP contribution >= 0.6 is 11.6 Å². The molecule has 0 saturated heterocycles. The van der Waals surface area contributed by atoms with Crippen LogP contribution in [0.1, 0.15) is 32.1 Å². The maximum Gasteiger partial charge on any atom is 0.120 e. The summed E-state index contributed by atoms with van der Waals surface area (Å²) in [6.45, 7) is 7.92. The van der Waals surface area contributed by atoms with Gasteiger partial charge in [0.2, 0.25) is 0 Å². The van der Waals surface area contributed by atoms with Gasteiger partial charge in [0.1, 0.15) is 5.75 Å². The maximum atomic E-state index is 6.27. The lowest BCUT2D eigenvalue weighted by molar-refractivity contribution is 0.222. The van der Waals surface area contributed by atoms with Crippen LogP contribution in [0.15, 0.2) is 30.9 Å². The van der Waals surface area contributed by atoms with Gasteiger partial charge >= 0.3 is 0 Å². The van der Waals surface area contributed by atoms with Crippen LogP contribution in [0.25, 0.3) is 0 Å². The van der Waals surface area contributed by atoms with Crippen LogP contribution < -0.4 is 10.1 Å². The Labute approximate surface area is 145 Å². The monoisotopic (exact) mass is 336 g/mol. The van der Waals surface area contributed by atoms with Crippen molar-refractivity contribution in [2.75, 3.05) is 38.6 Å². The van der Waals surface area contributed by atoms with Gasteiger partial charge in [0.15, 0.2) is 0 Å². The summed E-state index contributed by atoms with van der Waals surface area (Å²) < 4.78 is 5.18. The molecule has 2 rings (SSSR count). The van der Waals surface area contributed by atoms with Gasteiger partial charge in [-0.25, -0.2) is 0 Å². The summed E-state index contributed by atoms with van der Waals surface area (Å²) in [5.41, 5.74) is 0.962. The van der Waals surface area contributed by atoms with Crippen molar-refractivity contribution < 1.29 is 4.74 Å². The standard InChI is InChI=1S/C19H29ClN2O/c1-3-12-22(15-16-7-5-4-6-8-16)13-11-21-19-10-9-17(23-2)14-18(19)20/h3,9-10,14,16,21H,1,4-8,11-13,15H2,2H3. The Morgan fingerprint density at radius 2 is 2.13 bits per heavy atom. The highest BCUT2D eigenvalue weighted by atomic mass is 35.5. The predicted octanol–water partition coefficient (Wildman–Crippen LogP) is 4.83. The summed E-state index contributed by atoms with van der Waals surface area (Å²) in [6.07, 6.45) is 8.97. The number of nitrogens with one attached hydrogen (secondary N) is 1. The minimum atomic E-state index is 0.701. The molecule has 1 aliphatic carbocycles. The van der Waals surface area contributed by atoms with Gasteiger partial charge in [-0.1, -0.05) is 36.9 Å². The molecule has 23 heavy (non-hydrogen) atoms. The third kappa shape index (κ3) is 6.08. The van der Waals surface area contributed by atoms with Gasteiger partial charge < -0.3 is 10.1 Å². The first-order valence-electron chi connectivity index (χ1n) is 8.63. The molecular formula is C19H29ClN2O. The van der Waals surface area contributed by atoms with Gasteiger partial charge in [-0.2, -0.15) is 0 Å². The smallest absolute Gasteiger partial charge is 0.120 e. The molecule has 0 spiro atoms. The Bertz CT molecular complexity index is 486. The second-order valence-electron chi connectivity index (χ2n) is 6.32. The molecule has 3 nitrogen and oxygen atoms in total. The van der Waals surface area contributed by atoms with Gasteiger partial charge in [0, 0.05) is 32.2 Å².